The zero-order valence-corrected chi connectivity index (χ0v) is 16.8. The lowest BCUT2D eigenvalue weighted by Crippen LogP contribution is -2.50. The summed E-state index contributed by atoms with van der Waals surface area (Å²) in [6.07, 6.45) is 0.447. The van der Waals surface area contributed by atoms with E-state index in [2.05, 4.69) is 52.0 Å². The lowest BCUT2D eigenvalue weighted by Gasteiger charge is -2.38. The predicted molar refractivity (Wildman–Crippen MR) is 103 cm³/mol. The van der Waals surface area contributed by atoms with Gasteiger partial charge >= 0.3 is 0 Å². The molecular formula is C16H26BrCl2N3O. The zero-order chi connectivity index (χ0) is 15.4. The van der Waals surface area contributed by atoms with Gasteiger partial charge in [-0.3, -0.25) is 9.69 Å². The molecule has 2 atom stereocenters. The van der Waals surface area contributed by atoms with Crippen LogP contribution in [-0.2, 0) is 4.79 Å². The van der Waals surface area contributed by atoms with Crippen LogP contribution in [0.2, 0.25) is 0 Å². The highest BCUT2D eigenvalue weighted by molar-refractivity contribution is 9.10. The van der Waals surface area contributed by atoms with Crippen LogP contribution < -0.4 is 5.73 Å². The average Bonchev–Trinajstić information content (AvgIpc) is 2.47. The molecule has 0 saturated carbocycles. The number of carbonyl (C=O) groups is 1. The van der Waals surface area contributed by atoms with Gasteiger partial charge in [-0.25, -0.2) is 0 Å². The van der Waals surface area contributed by atoms with Gasteiger partial charge in [-0.2, -0.15) is 0 Å². The summed E-state index contributed by atoms with van der Waals surface area (Å²) >= 11 is 3.47. The minimum atomic E-state index is -0.0581. The first-order valence-corrected chi connectivity index (χ1v) is 8.29. The van der Waals surface area contributed by atoms with Crippen molar-refractivity contribution >= 4 is 46.7 Å². The van der Waals surface area contributed by atoms with Gasteiger partial charge in [0.25, 0.3) is 0 Å². The smallest absolute Gasteiger partial charge is 0.224 e. The number of carbonyl (C=O) groups excluding carboxylic acids is 1. The Bertz CT molecular complexity index is 477. The van der Waals surface area contributed by atoms with Gasteiger partial charge in [-0.15, -0.1) is 24.8 Å². The fourth-order valence-corrected chi connectivity index (χ4v) is 2.98. The zero-order valence-electron chi connectivity index (χ0n) is 13.6. The van der Waals surface area contributed by atoms with Crippen LogP contribution >= 0.6 is 40.7 Å². The van der Waals surface area contributed by atoms with Crippen LogP contribution in [0, 0.1) is 0 Å². The van der Waals surface area contributed by atoms with Gasteiger partial charge in [0.1, 0.15) is 0 Å². The number of rotatable bonds is 4. The summed E-state index contributed by atoms with van der Waals surface area (Å²) in [6, 6.07) is 8.79. The molecule has 2 unspecified atom stereocenters. The van der Waals surface area contributed by atoms with Crippen molar-refractivity contribution in [2.75, 3.05) is 26.2 Å². The second kappa shape index (κ2) is 10.5. The summed E-state index contributed by atoms with van der Waals surface area (Å²) in [5.41, 5.74) is 7.02. The number of hydrogen-bond acceptors (Lipinski definition) is 3. The van der Waals surface area contributed by atoms with Crippen molar-refractivity contribution in [1.29, 1.82) is 0 Å². The van der Waals surface area contributed by atoms with E-state index < -0.39 is 0 Å². The Kier molecular flexibility index (Phi) is 10.4. The van der Waals surface area contributed by atoms with E-state index in [1.807, 2.05) is 11.8 Å². The highest BCUT2D eigenvalue weighted by Crippen LogP contribution is 2.23. The standard InChI is InChI=1S/C16H24BrN3O.2ClH/c1-12(18)11-16(21)20-9-7-19(8-10-20)13(2)14-3-5-15(17)6-4-14;;/h3-6,12-13H,7-11,18H2,1-2H3;2*1H. The number of piperazine rings is 1. The molecule has 1 aliphatic heterocycles. The molecular weight excluding hydrogens is 401 g/mol. The Balaban J connectivity index is 0.00000242. The van der Waals surface area contributed by atoms with E-state index in [0.29, 0.717) is 12.5 Å². The fourth-order valence-electron chi connectivity index (χ4n) is 2.72. The van der Waals surface area contributed by atoms with Crippen molar-refractivity contribution in [3.63, 3.8) is 0 Å². The molecule has 0 spiro atoms. The van der Waals surface area contributed by atoms with Crippen molar-refractivity contribution in [2.45, 2.75) is 32.4 Å². The average molecular weight is 427 g/mol. The normalized spacial score (nSPS) is 17.7. The van der Waals surface area contributed by atoms with Gasteiger partial charge in [0.15, 0.2) is 0 Å². The first-order chi connectivity index (χ1) is 9.97. The third kappa shape index (κ3) is 6.59. The Morgan fingerprint density at radius 1 is 1.13 bits per heavy atom. The van der Waals surface area contributed by atoms with Gasteiger partial charge in [-0.05, 0) is 31.5 Å². The molecule has 132 valence electrons. The first kappa shape index (κ1) is 22.7. The molecule has 1 aromatic rings. The van der Waals surface area contributed by atoms with Gasteiger partial charge in [0, 0.05) is 49.2 Å². The van der Waals surface area contributed by atoms with Gasteiger partial charge in [-0.1, -0.05) is 28.1 Å². The van der Waals surface area contributed by atoms with Crippen molar-refractivity contribution in [1.82, 2.24) is 9.80 Å². The Hall–Kier alpha value is -0.330. The molecule has 0 bridgehead atoms. The summed E-state index contributed by atoms with van der Waals surface area (Å²) in [5, 5.41) is 0. The quantitative estimate of drug-likeness (QED) is 0.803. The molecule has 1 amide bonds. The maximum absolute atomic E-state index is 12.0. The molecule has 1 heterocycles. The molecule has 23 heavy (non-hydrogen) atoms. The number of benzene rings is 1. The molecule has 1 aromatic carbocycles. The largest absolute Gasteiger partial charge is 0.340 e. The molecule has 1 saturated heterocycles. The second-order valence-electron chi connectivity index (χ2n) is 5.83. The van der Waals surface area contributed by atoms with Crippen molar-refractivity contribution in [3.8, 4) is 0 Å². The van der Waals surface area contributed by atoms with E-state index in [1.165, 1.54) is 5.56 Å². The van der Waals surface area contributed by atoms with Gasteiger partial charge in [0.2, 0.25) is 5.91 Å². The SMILES string of the molecule is CC(N)CC(=O)N1CCN(C(C)c2ccc(Br)cc2)CC1.Cl.Cl. The second-order valence-corrected chi connectivity index (χ2v) is 6.74. The molecule has 0 radical (unpaired) electrons. The monoisotopic (exact) mass is 425 g/mol. The molecule has 1 fully saturated rings. The Morgan fingerprint density at radius 3 is 2.13 bits per heavy atom. The summed E-state index contributed by atoms with van der Waals surface area (Å²) in [5.74, 6) is 0.181. The van der Waals surface area contributed by atoms with E-state index in [4.69, 9.17) is 5.73 Å². The van der Waals surface area contributed by atoms with Gasteiger partial charge < -0.3 is 10.6 Å². The Labute approximate surface area is 159 Å². The summed E-state index contributed by atoms with van der Waals surface area (Å²) < 4.78 is 1.10. The number of hydrogen-bond donors (Lipinski definition) is 1. The molecule has 4 nitrogen and oxygen atoms in total. The highest BCUT2D eigenvalue weighted by Gasteiger charge is 2.24. The number of nitrogens with two attached hydrogens (primary N) is 1. The lowest BCUT2D eigenvalue weighted by molar-refractivity contribution is -0.133. The highest BCUT2D eigenvalue weighted by atomic mass is 79.9. The van der Waals surface area contributed by atoms with E-state index in [-0.39, 0.29) is 36.8 Å². The third-order valence-electron chi connectivity index (χ3n) is 4.06. The van der Waals surface area contributed by atoms with Crippen LogP contribution in [0.15, 0.2) is 28.7 Å². The number of amides is 1. The number of halogens is 3. The van der Waals surface area contributed by atoms with Gasteiger partial charge in [0.05, 0.1) is 0 Å². The summed E-state index contributed by atoms with van der Waals surface area (Å²) in [6.45, 7) is 7.54. The van der Waals surface area contributed by atoms with Crippen LogP contribution in [0.3, 0.4) is 0 Å². The Morgan fingerprint density at radius 2 is 1.65 bits per heavy atom. The van der Waals surface area contributed by atoms with Crippen LogP contribution in [0.1, 0.15) is 31.9 Å². The third-order valence-corrected chi connectivity index (χ3v) is 4.59. The van der Waals surface area contributed by atoms with Crippen molar-refractivity contribution in [3.05, 3.63) is 34.3 Å². The summed E-state index contributed by atoms with van der Waals surface area (Å²) in [7, 11) is 0. The molecule has 7 heteroatoms. The van der Waals surface area contributed by atoms with Crippen LogP contribution in [0.5, 0.6) is 0 Å². The topological polar surface area (TPSA) is 49.6 Å². The van der Waals surface area contributed by atoms with E-state index >= 15 is 0 Å². The van der Waals surface area contributed by atoms with Crippen LogP contribution in [0.25, 0.3) is 0 Å². The minimum absolute atomic E-state index is 0. The van der Waals surface area contributed by atoms with E-state index in [0.717, 1.165) is 30.7 Å². The molecule has 1 aliphatic rings. The van der Waals surface area contributed by atoms with Crippen molar-refractivity contribution < 1.29 is 4.79 Å². The minimum Gasteiger partial charge on any atom is -0.340 e. The van der Waals surface area contributed by atoms with Crippen LogP contribution in [0.4, 0.5) is 0 Å². The molecule has 0 aromatic heterocycles. The van der Waals surface area contributed by atoms with Crippen LogP contribution in [-0.4, -0.2) is 47.9 Å². The lowest BCUT2D eigenvalue weighted by atomic mass is 10.1. The van der Waals surface area contributed by atoms with Crippen molar-refractivity contribution in [2.24, 2.45) is 5.73 Å². The molecule has 2 rings (SSSR count). The van der Waals surface area contributed by atoms with E-state index in [9.17, 15) is 4.79 Å². The maximum Gasteiger partial charge on any atom is 0.224 e. The first-order valence-electron chi connectivity index (χ1n) is 7.50. The fraction of sp³-hybridized carbons (Fsp3) is 0.562. The van der Waals surface area contributed by atoms with E-state index in [1.54, 1.807) is 0 Å². The predicted octanol–water partition coefficient (Wildman–Crippen LogP) is 3.24. The summed E-state index contributed by atoms with van der Waals surface area (Å²) in [4.78, 5) is 16.4. The number of nitrogens with zero attached hydrogens (tertiary/aromatic N) is 2. The maximum atomic E-state index is 12.0. The molecule has 2 N–H and O–H groups in total. The molecule has 0 aliphatic carbocycles.